The number of likely N-dealkylation sites (tertiary alicyclic amines) is 1. The normalized spacial score (nSPS) is 18.4. The zero-order valence-electron chi connectivity index (χ0n) is 15.9. The summed E-state index contributed by atoms with van der Waals surface area (Å²) >= 11 is 0. The van der Waals surface area contributed by atoms with E-state index in [9.17, 15) is 0 Å². The lowest BCUT2D eigenvalue weighted by molar-refractivity contribution is 0.241. The minimum atomic E-state index is 0.381. The van der Waals surface area contributed by atoms with Crippen molar-refractivity contribution in [1.82, 2.24) is 29.5 Å². The quantitative estimate of drug-likeness (QED) is 0.774. The largest absolute Gasteiger partial charge is 0.305 e. The van der Waals surface area contributed by atoms with Crippen molar-refractivity contribution in [3.05, 3.63) is 41.2 Å². The van der Waals surface area contributed by atoms with Gasteiger partial charge < -0.3 is 4.90 Å². The molecular weight excluding hydrogens is 312 g/mol. The number of hydrogen-bond donors (Lipinski definition) is 0. The van der Waals surface area contributed by atoms with Crippen LogP contribution >= 0.6 is 0 Å². The summed E-state index contributed by atoms with van der Waals surface area (Å²) in [6, 6.07) is 0.381. The van der Waals surface area contributed by atoms with Crippen molar-refractivity contribution in [2.45, 2.75) is 58.8 Å². The van der Waals surface area contributed by atoms with Gasteiger partial charge in [0, 0.05) is 43.2 Å². The van der Waals surface area contributed by atoms with Gasteiger partial charge in [-0.25, -0.2) is 9.97 Å². The van der Waals surface area contributed by atoms with Gasteiger partial charge in [0.2, 0.25) is 0 Å². The van der Waals surface area contributed by atoms with Gasteiger partial charge in [-0.1, -0.05) is 6.92 Å². The topological polar surface area (TPSA) is 50.1 Å². The van der Waals surface area contributed by atoms with Gasteiger partial charge in [-0.05, 0) is 46.8 Å². The Kier molecular flexibility index (Phi) is 5.81. The van der Waals surface area contributed by atoms with Crippen LogP contribution in [0.1, 0.15) is 54.9 Å². The smallest absolute Gasteiger partial charge is 0.125 e. The van der Waals surface area contributed by atoms with E-state index in [1.54, 1.807) is 0 Å². The molecule has 1 atom stereocenters. The zero-order chi connectivity index (χ0) is 17.8. The number of aryl methyl sites for hydroxylation is 2. The maximum atomic E-state index is 4.83. The molecule has 0 amide bonds. The fourth-order valence-corrected chi connectivity index (χ4v) is 3.66. The Morgan fingerprint density at radius 3 is 2.88 bits per heavy atom. The Labute approximate surface area is 150 Å². The summed E-state index contributed by atoms with van der Waals surface area (Å²) in [4.78, 5) is 14.0. The van der Waals surface area contributed by atoms with E-state index >= 15 is 0 Å². The molecule has 3 heterocycles. The molecule has 2 aromatic heterocycles. The second-order valence-corrected chi connectivity index (χ2v) is 7.31. The third kappa shape index (κ3) is 4.44. The van der Waals surface area contributed by atoms with Crippen LogP contribution in [0.15, 0.2) is 18.6 Å². The van der Waals surface area contributed by atoms with Crippen LogP contribution in [-0.2, 0) is 19.6 Å². The van der Waals surface area contributed by atoms with E-state index in [-0.39, 0.29) is 0 Å². The monoisotopic (exact) mass is 342 g/mol. The molecule has 0 bridgehead atoms. The van der Waals surface area contributed by atoms with Crippen molar-refractivity contribution in [3.63, 3.8) is 0 Å². The first kappa shape index (κ1) is 18.0. The average Bonchev–Trinajstić information content (AvgIpc) is 3.19. The Balaban J connectivity index is 1.80. The third-order valence-electron chi connectivity index (χ3n) is 4.71. The highest BCUT2D eigenvalue weighted by atomic mass is 15.3. The third-order valence-corrected chi connectivity index (χ3v) is 4.71. The molecule has 2 aromatic rings. The van der Waals surface area contributed by atoms with Crippen molar-refractivity contribution in [2.24, 2.45) is 0 Å². The van der Waals surface area contributed by atoms with Gasteiger partial charge >= 0.3 is 0 Å². The predicted molar refractivity (Wildman–Crippen MR) is 99.1 cm³/mol. The molecule has 0 saturated carbocycles. The number of nitrogens with zero attached hydrogens (tertiary/aromatic N) is 6. The van der Waals surface area contributed by atoms with Crippen LogP contribution < -0.4 is 0 Å². The Morgan fingerprint density at radius 2 is 2.12 bits per heavy atom. The lowest BCUT2D eigenvalue weighted by Crippen LogP contribution is -2.26. The second kappa shape index (κ2) is 8.06. The van der Waals surface area contributed by atoms with Gasteiger partial charge in [0.05, 0.1) is 17.9 Å². The van der Waals surface area contributed by atoms with Crippen LogP contribution in [0.5, 0.6) is 0 Å². The first-order chi connectivity index (χ1) is 12.1. The molecule has 1 saturated heterocycles. The molecule has 0 aromatic carbocycles. The number of aromatic nitrogens is 4. The van der Waals surface area contributed by atoms with E-state index in [4.69, 9.17) is 4.98 Å². The molecule has 1 aliphatic heterocycles. The lowest BCUT2D eigenvalue weighted by Gasteiger charge is -2.26. The molecule has 0 unspecified atom stereocenters. The van der Waals surface area contributed by atoms with Crippen LogP contribution in [0.3, 0.4) is 0 Å². The summed E-state index contributed by atoms with van der Waals surface area (Å²) in [6.45, 7) is 8.10. The predicted octanol–water partition coefficient (Wildman–Crippen LogP) is 2.79. The van der Waals surface area contributed by atoms with Gasteiger partial charge in [0.15, 0.2) is 0 Å². The summed E-state index contributed by atoms with van der Waals surface area (Å²) in [7, 11) is 4.19. The highest BCUT2D eigenvalue weighted by molar-refractivity contribution is 5.22. The van der Waals surface area contributed by atoms with Gasteiger partial charge in [0.1, 0.15) is 5.82 Å². The van der Waals surface area contributed by atoms with E-state index in [1.807, 2.05) is 24.0 Å². The summed E-state index contributed by atoms with van der Waals surface area (Å²) in [5.41, 5.74) is 3.74. The van der Waals surface area contributed by atoms with Crippen molar-refractivity contribution in [2.75, 3.05) is 20.6 Å². The lowest BCUT2D eigenvalue weighted by atomic mass is 10.1. The van der Waals surface area contributed by atoms with Crippen LogP contribution in [-0.4, -0.2) is 50.2 Å². The summed E-state index contributed by atoms with van der Waals surface area (Å²) in [6.07, 6.45) is 9.70. The summed E-state index contributed by atoms with van der Waals surface area (Å²) in [5.74, 6) is 0.861. The highest BCUT2D eigenvalue weighted by Crippen LogP contribution is 2.34. The van der Waals surface area contributed by atoms with E-state index in [0.717, 1.165) is 38.4 Å². The number of hydrogen-bond acceptors (Lipinski definition) is 5. The first-order valence-corrected chi connectivity index (χ1v) is 9.29. The minimum Gasteiger partial charge on any atom is -0.305 e. The highest BCUT2D eigenvalue weighted by Gasteiger charge is 2.29. The maximum Gasteiger partial charge on any atom is 0.125 e. The summed E-state index contributed by atoms with van der Waals surface area (Å²) in [5, 5.41) is 4.47. The first-order valence-electron chi connectivity index (χ1n) is 9.29. The molecule has 1 fully saturated rings. The molecule has 1 aliphatic rings. The fraction of sp³-hybridized carbons (Fsp3) is 0.632. The molecule has 0 aliphatic carbocycles. The molecule has 3 rings (SSSR count). The van der Waals surface area contributed by atoms with E-state index in [1.165, 1.54) is 29.7 Å². The average molecular weight is 342 g/mol. The van der Waals surface area contributed by atoms with Crippen LogP contribution in [0, 0.1) is 6.92 Å². The van der Waals surface area contributed by atoms with Gasteiger partial charge in [-0.2, -0.15) is 5.10 Å². The van der Waals surface area contributed by atoms with Crippen molar-refractivity contribution in [3.8, 4) is 0 Å². The zero-order valence-corrected chi connectivity index (χ0v) is 15.9. The molecule has 0 N–H and O–H groups in total. The SMILES string of the molecule is CCCn1cc(CN2CCC[C@@H]2c2nc(C)ncc2CN(C)C)cn1. The van der Waals surface area contributed by atoms with Crippen LogP contribution in [0.2, 0.25) is 0 Å². The standard InChI is InChI=1S/C19H30N6/c1-5-8-25-13-16(10-21-25)12-24-9-6-7-18(24)19-17(14-23(3)4)11-20-15(2)22-19/h10-11,13,18H,5-9,12,14H2,1-4H3/t18-/m1/s1. The Hall–Kier alpha value is -1.79. The van der Waals surface area contributed by atoms with Crippen molar-refractivity contribution < 1.29 is 0 Å². The molecular formula is C19H30N6. The molecule has 6 nitrogen and oxygen atoms in total. The molecule has 136 valence electrons. The summed E-state index contributed by atoms with van der Waals surface area (Å²) < 4.78 is 2.05. The minimum absolute atomic E-state index is 0.381. The van der Waals surface area contributed by atoms with Gasteiger partial charge in [0.25, 0.3) is 0 Å². The van der Waals surface area contributed by atoms with Gasteiger partial charge in [-0.15, -0.1) is 0 Å². The van der Waals surface area contributed by atoms with Crippen LogP contribution in [0.4, 0.5) is 0 Å². The van der Waals surface area contributed by atoms with Crippen LogP contribution in [0.25, 0.3) is 0 Å². The fourth-order valence-electron chi connectivity index (χ4n) is 3.66. The molecule has 25 heavy (non-hydrogen) atoms. The van der Waals surface area contributed by atoms with E-state index < -0.39 is 0 Å². The van der Waals surface area contributed by atoms with E-state index in [2.05, 4.69) is 47.1 Å². The van der Waals surface area contributed by atoms with Crippen molar-refractivity contribution >= 4 is 0 Å². The Bertz CT molecular complexity index is 693. The molecule has 6 heteroatoms. The maximum absolute atomic E-state index is 4.83. The Morgan fingerprint density at radius 1 is 1.28 bits per heavy atom. The number of rotatable bonds is 7. The molecule has 0 radical (unpaired) electrons. The van der Waals surface area contributed by atoms with Crippen molar-refractivity contribution in [1.29, 1.82) is 0 Å². The van der Waals surface area contributed by atoms with Gasteiger partial charge in [-0.3, -0.25) is 9.58 Å². The van der Waals surface area contributed by atoms with E-state index in [0.29, 0.717) is 6.04 Å². The molecule has 0 spiro atoms. The second-order valence-electron chi connectivity index (χ2n) is 7.31.